The fraction of sp³-hybridized carbons (Fsp3) is 0.158. The zero-order chi connectivity index (χ0) is 14.4. The van der Waals surface area contributed by atoms with Gasteiger partial charge in [-0.1, -0.05) is 73.8 Å². The summed E-state index contributed by atoms with van der Waals surface area (Å²) in [6.07, 6.45) is 0. The highest BCUT2D eigenvalue weighted by molar-refractivity contribution is 5.67. The number of nitrogens with zero attached hydrogens (tertiary/aromatic N) is 1. The van der Waals surface area contributed by atoms with E-state index in [4.69, 9.17) is 0 Å². The zero-order valence-electron chi connectivity index (χ0n) is 12.0. The van der Waals surface area contributed by atoms with E-state index < -0.39 is 0 Å². The van der Waals surface area contributed by atoms with Crippen molar-refractivity contribution in [2.45, 2.75) is 0 Å². The Bertz CT molecular complexity index is 516. The van der Waals surface area contributed by atoms with E-state index in [0.29, 0.717) is 0 Å². The Balaban J connectivity index is 1.91. The molecule has 0 radical (unpaired) electrons. The summed E-state index contributed by atoms with van der Waals surface area (Å²) in [4.78, 5) is 2.24. The summed E-state index contributed by atoms with van der Waals surface area (Å²) in [6.45, 7) is 10.0. The van der Waals surface area contributed by atoms with Crippen LogP contribution in [0.4, 0.5) is 0 Å². The SMILES string of the molecule is C=C(CN(C)CC(=C)c1ccccc1)c1ccccc1. The molecular formula is C19H21N. The van der Waals surface area contributed by atoms with E-state index in [0.717, 1.165) is 24.2 Å². The van der Waals surface area contributed by atoms with E-state index in [1.165, 1.54) is 11.1 Å². The molecule has 0 bridgehead atoms. The van der Waals surface area contributed by atoms with Gasteiger partial charge < -0.3 is 0 Å². The molecule has 0 atom stereocenters. The number of hydrogen-bond acceptors (Lipinski definition) is 1. The Kier molecular flexibility index (Phi) is 4.91. The van der Waals surface area contributed by atoms with E-state index in [-0.39, 0.29) is 0 Å². The smallest absolute Gasteiger partial charge is 0.0234 e. The Hall–Kier alpha value is -2.12. The van der Waals surface area contributed by atoms with E-state index in [1.807, 2.05) is 36.4 Å². The summed E-state index contributed by atoms with van der Waals surface area (Å²) >= 11 is 0. The summed E-state index contributed by atoms with van der Waals surface area (Å²) in [5.41, 5.74) is 4.66. The van der Waals surface area contributed by atoms with Crippen LogP contribution in [0.1, 0.15) is 11.1 Å². The second kappa shape index (κ2) is 6.88. The summed E-state index contributed by atoms with van der Waals surface area (Å²) in [7, 11) is 2.10. The van der Waals surface area contributed by atoms with Gasteiger partial charge in [0.25, 0.3) is 0 Å². The maximum atomic E-state index is 4.17. The van der Waals surface area contributed by atoms with Gasteiger partial charge in [-0.2, -0.15) is 0 Å². The molecule has 2 aromatic carbocycles. The first-order valence-corrected chi connectivity index (χ1v) is 6.82. The Labute approximate surface area is 121 Å². The van der Waals surface area contributed by atoms with Gasteiger partial charge in [0.2, 0.25) is 0 Å². The molecule has 0 heterocycles. The number of benzene rings is 2. The second-order valence-electron chi connectivity index (χ2n) is 5.11. The predicted octanol–water partition coefficient (Wildman–Crippen LogP) is 4.35. The average molecular weight is 263 g/mol. The number of hydrogen-bond donors (Lipinski definition) is 0. The summed E-state index contributed by atoms with van der Waals surface area (Å²) in [6, 6.07) is 20.6. The third kappa shape index (κ3) is 3.94. The molecule has 0 aliphatic heterocycles. The Morgan fingerprint density at radius 3 is 1.45 bits per heavy atom. The quantitative estimate of drug-likeness (QED) is 0.749. The number of rotatable bonds is 6. The van der Waals surface area contributed by atoms with Gasteiger partial charge in [-0.15, -0.1) is 0 Å². The van der Waals surface area contributed by atoms with Crippen LogP contribution < -0.4 is 0 Å². The first-order chi connectivity index (χ1) is 9.66. The van der Waals surface area contributed by atoms with E-state index in [9.17, 15) is 0 Å². The van der Waals surface area contributed by atoms with Crippen LogP contribution in [0, 0.1) is 0 Å². The molecule has 1 nitrogen and oxygen atoms in total. The third-order valence-electron chi connectivity index (χ3n) is 3.29. The van der Waals surface area contributed by atoms with Crippen LogP contribution in [0.3, 0.4) is 0 Å². The molecule has 0 saturated carbocycles. The van der Waals surface area contributed by atoms with Gasteiger partial charge in [0.05, 0.1) is 0 Å². The summed E-state index contributed by atoms with van der Waals surface area (Å²) in [5, 5.41) is 0. The monoisotopic (exact) mass is 263 g/mol. The van der Waals surface area contributed by atoms with Crippen molar-refractivity contribution >= 4 is 11.1 Å². The van der Waals surface area contributed by atoms with Gasteiger partial charge in [-0.3, -0.25) is 4.90 Å². The highest BCUT2D eigenvalue weighted by atomic mass is 15.1. The average Bonchev–Trinajstić information content (AvgIpc) is 2.49. The highest BCUT2D eigenvalue weighted by Gasteiger charge is 2.06. The molecule has 2 rings (SSSR count). The maximum absolute atomic E-state index is 4.17. The van der Waals surface area contributed by atoms with Crippen molar-refractivity contribution in [3.05, 3.63) is 84.9 Å². The fourth-order valence-electron chi connectivity index (χ4n) is 2.24. The second-order valence-corrected chi connectivity index (χ2v) is 5.11. The fourth-order valence-corrected chi connectivity index (χ4v) is 2.24. The number of likely N-dealkylation sites (N-methyl/N-ethyl adjacent to an activating group) is 1. The van der Waals surface area contributed by atoms with Crippen LogP contribution in [0.15, 0.2) is 73.8 Å². The van der Waals surface area contributed by atoms with Crippen molar-refractivity contribution < 1.29 is 0 Å². The van der Waals surface area contributed by atoms with Crippen LogP contribution in [0.25, 0.3) is 11.1 Å². The normalized spacial score (nSPS) is 10.5. The van der Waals surface area contributed by atoms with Crippen molar-refractivity contribution in [3.63, 3.8) is 0 Å². The summed E-state index contributed by atoms with van der Waals surface area (Å²) in [5.74, 6) is 0. The standard InChI is InChI=1S/C19H21N/c1-16(18-10-6-4-7-11-18)14-20(3)15-17(2)19-12-8-5-9-13-19/h4-13H,1-2,14-15H2,3H3. The molecule has 0 amide bonds. The topological polar surface area (TPSA) is 3.24 Å². The minimum Gasteiger partial charge on any atom is -0.298 e. The lowest BCUT2D eigenvalue weighted by Gasteiger charge is -2.19. The van der Waals surface area contributed by atoms with Crippen molar-refractivity contribution in [2.75, 3.05) is 20.1 Å². The first-order valence-electron chi connectivity index (χ1n) is 6.82. The van der Waals surface area contributed by atoms with Crippen molar-refractivity contribution in [1.29, 1.82) is 0 Å². The van der Waals surface area contributed by atoms with Crippen LogP contribution in [0.2, 0.25) is 0 Å². The Morgan fingerprint density at radius 2 is 1.10 bits per heavy atom. The van der Waals surface area contributed by atoms with E-state index in [2.05, 4.69) is 49.4 Å². The molecule has 0 fully saturated rings. The highest BCUT2D eigenvalue weighted by Crippen LogP contribution is 2.16. The van der Waals surface area contributed by atoms with Gasteiger partial charge in [0.15, 0.2) is 0 Å². The molecule has 0 N–H and O–H groups in total. The van der Waals surface area contributed by atoms with Crippen molar-refractivity contribution in [3.8, 4) is 0 Å². The zero-order valence-corrected chi connectivity index (χ0v) is 12.0. The largest absolute Gasteiger partial charge is 0.298 e. The predicted molar refractivity (Wildman–Crippen MR) is 88.4 cm³/mol. The third-order valence-corrected chi connectivity index (χ3v) is 3.29. The van der Waals surface area contributed by atoms with Crippen LogP contribution in [-0.4, -0.2) is 25.0 Å². The van der Waals surface area contributed by atoms with Gasteiger partial charge >= 0.3 is 0 Å². The molecule has 102 valence electrons. The van der Waals surface area contributed by atoms with E-state index in [1.54, 1.807) is 0 Å². The van der Waals surface area contributed by atoms with Crippen LogP contribution in [0.5, 0.6) is 0 Å². The molecule has 0 spiro atoms. The van der Waals surface area contributed by atoms with Crippen LogP contribution >= 0.6 is 0 Å². The molecule has 0 unspecified atom stereocenters. The maximum Gasteiger partial charge on any atom is 0.0234 e. The lowest BCUT2D eigenvalue weighted by Crippen LogP contribution is -2.22. The lowest BCUT2D eigenvalue weighted by molar-refractivity contribution is 0.425. The minimum absolute atomic E-state index is 0.843. The lowest BCUT2D eigenvalue weighted by atomic mass is 10.1. The molecule has 2 aromatic rings. The van der Waals surface area contributed by atoms with Crippen molar-refractivity contribution in [1.82, 2.24) is 4.90 Å². The molecule has 20 heavy (non-hydrogen) atoms. The summed E-state index contributed by atoms with van der Waals surface area (Å²) < 4.78 is 0. The molecule has 0 aliphatic rings. The van der Waals surface area contributed by atoms with Crippen molar-refractivity contribution in [2.24, 2.45) is 0 Å². The molecule has 0 aliphatic carbocycles. The molecule has 0 saturated heterocycles. The van der Waals surface area contributed by atoms with Crippen LogP contribution in [-0.2, 0) is 0 Å². The Morgan fingerprint density at radius 1 is 0.750 bits per heavy atom. The minimum atomic E-state index is 0.843. The van der Waals surface area contributed by atoms with Gasteiger partial charge in [-0.25, -0.2) is 0 Å². The van der Waals surface area contributed by atoms with E-state index >= 15 is 0 Å². The van der Waals surface area contributed by atoms with Gasteiger partial charge in [-0.05, 0) is 29.3 Å². The van der Waals surface area contributed by atoms with Gasteiger partial charge in [0, 0.05) is 13.1 Å². The molecule has 0 aromatic heterocycles. The van der Waals surface area contributed by atoms with Gasteiger partial charge in [0.1, 0.15) is 0 Å². The molecular weight excluding hydrogens is 242 g/mol. The molecule has 1 heteroatoms. The first kappa shape index (κ1) is 14.3.